The Morgan fingerprint density at radius 2 is 1.48 bits per heavy atom. The molecule has 1 aromatic rings. The number of benzene rings is 1. The molecule has 3 N–H and O–H groups in total. The van der Waals surface area contributed by atoms with Crippen molar-refractivity contribution in [3.05, 3.63) is 17.7 Å². The topological polar surface area (TPSA) is 65.7 Å². The Labute approximate surface area is 188 Å². The lowest BCUT2D eigenvalue weighted by Crippen LogP contribution is -3.28. The monoisotopic (exact) mass is 437 g/mol. The number of hydrogen-bond donors (Lipinski definition) is 3. The van der Waals surface area contributed by atoms with Gasteiger partial charge < -0.3 is 29.3 Å². The van der Waals surface area contributed by atoms with Gasteiger partial charge >= 0.3 is 0 Å². The minimum atomic E-state index is -0.189. The molecule has 0 unspecified atom stereocenters. The van der Waals surface area contributed by atoms with Crippen molar-refractivity contribution in [1.29, 1.82) is 0 Å². The molecular weight excluding hydrogens is 394 g/mol. The summed E-state index contributed by atoms with van der Waals surface area (Å²) in [4.78, 5) is 15.5. The quantitative estimate of drug-likeness (QED) is 0.521. The van der Waals surface area contributed by atoms with Crippen LogP contribution < -0.4 is 29.3 Å². The van der Waals surface area contributed by atoms with E-state index in [9.17, 15) is 4.79 Å². The van der Waals surface area contributed by atoms with E-state index in [1.165, 1.54) is 9.80 Å². The molecule has 1 saturated heterocycles. The zero-order valence-electron chi connectivity index (χ0n) is 20.7. The number of nitrogens with one attached hydrogen (secondary N) is 3. The van der Waals surface area contributed by atoms with Gasteiger partial charge in [-0.25, -0.2) is 0 Å². The molecular formula is C24H43N3O4+2. The van der Waals surface area contributed by atoms with Crippen LogP contribution in [-0.4, -0.2) is 65.5 Å². The maximum atomic E-state index is 12.6. The first kappa shape index (κ1) is 25.3. The van der Waals surface area contributed by atoms with Crippen molar-refractivity contribution in [2.75, 3.05) is 54.1 Å². The van der Waals surface area contributed by atoms with E-state index in [1.54, 1.807) is 21.3 Å². The number of carbonyl (C=O) groups excluding carboxylic acids is 1. The molecule has 0 saturated carbocycles. The standard InChI is InChI=1S/C24H41N3O4/c1-23(2,3)17-24(4,5)25-20(28)16-27-13-11-26(12-14-27)15-18-9-10-19(29-6)22(31-8)21(18)30-7/h9-10H,11-17H2,1-8H3,(H,25,28)/p+2. The van der Waals surface area contributed by atoms with Crippen LogP contribution >= 0.6 is 0 Å². The third kappa shape index (κ3) is 7.58. The molecule has 1 amide bonds. The van der Waals surface area contributed by atoms with Gasteiger partial charge in [0.15, 0.2) is 18.0 Å². The Morgan fingerprint density at radius 1 is 0.903 bits per heavy atom. The Balaban J connectivity index is 1.89. The number of amides is 1. The molecule has 0 aliphatic carbocycles. The Bertz CT molecular complexity index is 735. The van der Waals surface area contributed by atoms with Crippen molar-refractivity contribution < 1.29 is 28.8 Å². The first-order valence-corrected chi connectivity index (χ1v) is 11.2. The molecule has 7 nitrogen and oxygen atoms in total. The second-order valence-corrected chi connectivity index (χ2v) is 10.5. The highest BCUT2D eigenvalue weighted by atomic mass is 16.5. The second-order valence-electron chi connectivity index (χ2n) is 10.5. The molecule has 31 heavy (non-hydrogen) atoms. The number of carbonyl (C=O) groups is 1. The van der Waals surface area contributed by atoms with Gasteiger partial charge in [0.2, 0.25) is 5.75 Å². The minimum Gasteiger partial charge on any atom is -0.493 e. The first-order valence-electron chi connectivity index (χ1n) is 11.2. The molecule has 2 rings (SSSR count). The van der Waals surface area contributed by atoms with Gasteiger partial charge in [-0.3, -0.25) is 4.79 Å². The molecule has 0 atom stereocenters. The summed E-state index contributed by atoms with van der Waals surface area (Å²) >= 11 is 0. The van der Waals surface area contributed by atoms with Gasteiger partial charge in [0.05, 0.1) is 26.9 Å². The van der Waals surface area contributed by atoms with Crippen LogP contribution in [0.4, 0.5) is 0 Å². The average Bonchev–Trinajstić information content (AvgIpc) is 2.66. The predicted octanol–water partition coefficient (Wildman–Crippen LogP) is 0.327. The van der Waals surface area contributed by atoms with E-state index < -0.39 is 0 Å². The van der Waals surface area contributed by atoms with E-state index >= 15 is 0 Å². The summed E-state index contributed by atoms with van der Waals surface area (Å²) < 4.78 is 16.5. The molecule has 1 aromatic carbocycles. The van der Waals surface area contributed by atoms with Crippen LogP contribution in [0.3, 0.4) is 0 Å². The number of quaternary nitrogens is 2. The number of hydrogen-bond acceptors (Lipinski definition) is 4. The fraction of sp³-hybridized carbons (Fsp3) is 0.708. The number of rotatable bonds is 9. The zero-order valence-corrected chi connectivity index (χ0v) is 20.7. The molecule has 0 aromatic heterocycles. The van der Waals surface area contributed by atoms with Gasteiger partial charge in [-0.15, -0.1) is 0 Å². The summed E-state index contributed by atoms with van der Waals surface area (Å²) in [7, 11) is 4.93. The van der Waals surface area contributed by atoms with Gasteiger partial charge in [-0.2, -0.15) is 0 Å². The minimum absolute atomic E-state index is 0.147. The predicted molar refractivity (Wildman–Crippen MR) is 122 cm³/mol. The SMILES string of the molecule is COc1ccc(C[NH+]2CC[NH+](CC(=O)NC(C)(C)CC(C)(C)C)CC2)c(OC)c1OC. The largest absolute Gasteiger partial charge is 0.493 e. The summed E-state index contributed by atoms with van der Waals surface area (Å²) in [5, 5.41) is 3.24. The summed E-state index contributed by atoms with van der Waals surface area (Å²) in [5.74, 6) is 2.20. The van der Waals surface area contributed by atoms with Crippen LogP contribution in [0, 0.1) is 5.41 Å². The second kappa shape index (κ2) is 10.6. The molecule has 0 radical (unpaired) electrons. The summed E-state index contributed by atoms with van der Waals surface area (Å²) in [6.07, 6.45) is 0.951. The maximum absolute atomic E-state index is 12.6. The molecule has 1 aliphatic rings. The highest BCUT2D eigenvalue weighted by Gasteiger charge is 2.30. The molecule has 0 spiro atoms. The van der Waals surface area contributed by atoms with Crippen LogP contribution in [-0.2, 0) is 11.3 Å². The van der Waals surface area contributed by atoms with Crippen LogP contribution in [0.2, 0.25) is 0 Å². The molecule has 1 heterocycles. The van der Waals surface area contributed by atoms with E-state index in [4.69, 9.17) is 14.2 Å². The fourth-order valence-corrected chi connectivity index (χ4v) is 4.90. The number of methoxy groups -OCH3 is 3. The number of piperazine rings is 1. The van der Waals surface area contributed by atoms with E-state index in [1.807, 2.05) is 6.07 Å². The normalized spacial score (nSPS) is 19.6. The Hall–Kier alpha value is -1.99. The lowest BCUT2D eigenvalue weighted by atomic mass is 9.82. The molecule has 0 bridgehead atoms. The van der Waals surface area contributed by atoms with Gasteiger partial charge in [0.25, 0.3) is 5.91 Å². The summed E-state index contributed by atoms with van der Waals surface area (Å²) in [6, 6.07) is 3.98. The van der Waals surface area contributed by atoms with Gasteiger partial charge in [-0.1, -0.05) is 20.8 Å². The highest BCUT2D eigenvalue weighted by molar-refractivity contribution is 5.77. The smallest absolute Gasteiger partial charge is 0.275 e. The third-order valence-corrected chi connectivity index (χ3v) is 5.75. The van der Waals surface area contributed by atoms with Crippen LogP contribution in [0.15, 0.2) is 12.1 Å². The van der Waals surface area contributed by atoms with Gasteiger partial charge in [-0.05, 0) is 37.8 Å². The zero-order chi connectivity index (χ0) is 23.2. The van der Waals surface area contributed by atoms with E-state index in [0.29, 0.717) is 18.0 Å². The van der Waals surface area contributed by atoms with Crippen LogP contribution in [0.25, 0.3) is 0 Å². The lowest BCUT2D eigenvalue weighted by molar-refractivity contribution is -1.02. The molecule has 7 heteroatoms. The lowest BCUT2D eigenvalue weighted by Gasteiger charge is -2.34. The van der Waals surface area contributed by atoms with Crippen molar-refractivity contribution >= 4 is 5.91 Å². The van der Waals surface area contributed by atoms with Crippen molar-refractivity contribution in [2.45, 2.75) is 53.1 Å². The van der Waals surface area contributed by atoms with Crippen LogP contribution in [0.5, 0.6) is 17.2 Å². The molecule has 1 aliphatic heterocycles. The van der Waals surface area contributed by atoms with E-state index in [2.05, 4.69) is 46.0 Å². The Kier molecular flexibility index (Phi) is 8.60. The first-order chi connectivity index (χ1) is 14.5. The average molecular weight is 438 g/mol. The summed E-state index contributed by atoms with van der Waals surface area (Å²) in [6.45, 7) is 16.3. The van der Waals surface area contributed by atoms with Gasteiger partial charge in [0.1, 0.15) is 32.7 Å². The molecule has 176 valence electrons. The fourth-order valence-electron chi connectivity index (χ4n) is 4.90. The van der Waals surface area contributed by atoms with Crippen LogP contribution in [0.1, 0.15) is 46.6 Å². The van der Waals surface area contributed by atoms with Crippen molar-refractivity contribution in [1.82, 2.24) is 5.32 Å². The maximum Gasteiger partial charge on any atom is 0.275 e. The Morgan fingerprint density at radius 3 is 2.00 bits per heavy atom. The van der Waals surface area contributed by atoms with Crippen molar-refractivity contribution in [3.63, 3.8) is 0 Å². The van der Waals surface area contributed by atoms with E-state index in [0.717, 1.165) is 50.5 Å². The van der Waals surface area contributed by atoms with Gasteiger partial charge in [0, 0.05) is 5.54 Å². The summed E-state index contributed by atoms with van der Waals surface area (Å²) in [5.41, 5.74) is 1.11. The number of ether oxygens (including phenoxy) is 3. The van der Waals surface area contributed by atoms with E-state index in [-0.39, 0.29) is 16.9 Å². The molecule has 1 fully saturated rings. The van der Waals surface area contributed by atoms with Crippen molar-refractivity contribution in [3.8, 4) is 17.2 Å². The third-order valence-electron chi connectivity index (χ3n) is 5.75. The van der Waals surface area contributed by atoms with Crippen molar-refractivity contribution in [2.24, 2.45) is 5.41 Å². The highest BCUT2D eigenvalue weighted by Crippen LogP contribution is 2.39.